The van der Waals surface area contributed by atoms with E-state index < -0.39 is 23.8 Å². The van der Waals surface area contributed by atoms with Gasteiger partial charge in [0.1, 0.15) is 12.6 Å². The Labute approximate surface area is 80.4 Å². The van der Waals surface area contributed by atoms with Crippen molar-refractivity contribution < 1.29 is 23.9 Å². The Hall–Kier alpha value is -1.52. The second-order valence-electron chi connectivity index (χ2n) is 3.15. The third-order valence-corrected chi connectivity index (χ3v) is 2.21. The largest absolute Gasteiger partial charge is 0.393 e. The van der Waals surface area contributed by atoms with Crippen molar-refractivity contribution in [3.8, 4) is 0 Å². The molecule has 2 atom stereocenters. The van der Waals surface area contributed by atoms with Gasteiger partial charge in [-0.1, -0.05) is 0 Å². The normalized spacial score (nSPS) is 23.0. The number of hydrogen-bond acceptors (Lipinski definition) is 5. The second kappa shape index (κ2) is 4.64. The van der Waals surface area contributed by atoms with Gasteiger partial charge in [-0.25, -0.2) is 0 Å². The molecule has 1 heterocycles. The number of aldehydes is 2. The number of carbonyl (C=O) groups excluding carboxylic acids is 4. The fourth-order valence-corrected chi connectivity index (χ4v) is 1.44. The topological polar surface area (TPSA) is 77.5 Å². The van der Waals surface area contributed by atoms with E-state index in [1.54, 1.807) is 0 Å². The van der Waals surface area contributed by atoms with Gasteiger partial charge in [-0.15, -0.1) is 0 Å². The summed E-state index contributed by atoms with van der Waals surface area (Å²) >= 11 is 0. The lowest BCUT2D eigenvalue weighted by Crippen LogP contribution is -2.20. The zero-order chi connectivity index (χ0) is 10.6. The van der Waals surface area contributed by atoms with Crippen LogP contribution in [0.25, 0.3) is 0 Å². The molecule has 0 radical (unpaired) electrons. The molecule has 1 aliphatic rings. The first-order valence-corrected chi connectivity index (χ1v) is 4.32. The Bertz CT molecular complexity index is 270. The zero-order valence-corrected chi connectivity index (χ0v) is 7.47. The van der Waals surface area contributed by atoms with Crippen LogP contribution in [0.5, 0.6) is 0 Å². The maximum Gasteiger partial charge on any atom is 0.317 e. The highest BCUT2D eigenvalue weighted by Crippen LogP contribution is 2.26. The molecule has 0 N–H and O–H groups in total. The van der Waals surface area contributed by atoms with Gasteiger partial charge in [-0.2, -0.15) is 0 Å². The van der Waals surface area contributed by atoms with E-state index in [9.17, 15) is 19.2 Å². The van der Waals surface area contributed by atoms with Crippen molar-refractivity contribution in [3.05, 3.63) is 0 Å². The van der Waals surface area contributed by atoms with Gasteiger partial charge in [0.25, 0.3) is 0 Å². The minimum atomic E-state index is -0.694. The molecule has 0 amide bonds. The highest BCUT2D eigenvalue weighted by molar-refractivity contribution is 5.96. The average Bonchev–Trinajstić information content (AvgIpc) is 2.47. The summed E-state index contributed by atoms with van der Waals surface area (Å²) in [5.41, 5.74) is 0. The van der Waals surface area contributed by atoms with Gasteiger partial charge in [0.2, 0.25) is 0 Å². The number of hydrogen-bond donors (Lipinski definition) is 0. The van der Waals surface area contributed by atoms with Crippen molar-refractivity contribution in [3.63, 3.8) is 0 Å². The molecule has 76 valence electrons. The quantitative estimate of drug-likeness (QED) is 0.349. The number of esters is 2. The van der Waals surface area contributed by atoms with Crippen molar-refractivity contribution in [2.24, 2.45) is 11.8 Å². The van der Waals surface area contributed by atoms with E-state index in [4.69, 9.17) is 0 Å². The van der Waals surface area contributed by atoms with E-state index in [2.05, 4.69) is 4.74 Å². The summed E-state index contributed by atoms with van der Waals surface area (Å²) in [6.07, 6.45) is 1.73. The number of rotatable bonds is 5. The zero-order valence-electron chi connectivity index (χ0n) is 7.47. The first kappa shape index (κ1) is 10.6. The molecular weight excluding hydrogens is 188 g/mol. The Balaban J connectivity index is 2.59. The van der Waals surface area contributed by atoms with Crippen molar-refractivity contribution in [1.82, 2.24) is 0 Å². The van der Waals surface area contributed by atoms with Gasteiger partial charge in [0, 0.05) is 12.3 Å². The lowest BCUT2D eigenvalue weighted by atomic mass is 9.88. The van der Waals surface area contributed by atoms with Gasteiger partial charge in [0.15, 0.2) is 0 Å². The van der Waals surface area contributed by atoms with Crippen LogP contribution >= 0.6 is 0 Å². The lowest BCUT2D eigenvalue weighted by molar-refractivity contribution is -0.154. The summed E-state index contributed by atoms with van der Waals surface area (Å²) in [4.78, 5) is 42.5. The first-order chi connectivity index (χ1) is 6.69. The summed E-state index contributed by atoms with van der Waals surface area (Å²) in [6.45, 7) is 0. The van der Waals surface area contributed by atoms with Crippen molar-refractivity contribution >= 4 is 24.5 Å². The molecule has 0 aromatic carbocycles. The summed E-state index contributed by atoms with van der Waals surface area (Å²) in [7, 11) is 0. The molecule has 0 aliphatic carbocycles. The molecule has 0 aromatic rings. The monoisotopic (exact) mass is 198 g/mol. The Morgan fingerprint density at radius 2 is 2.14 bits per heavy atom. The Morgan fingerprint density at radius 3 is 2.57 bits per heavy atom. The van der Waals surface area contributed by atoms with Crippen LogP contribution in [0.15, 0.2) is 0 Å². The van der Waals surface area contributed by atoms with E-state index in [1.165, 1.54) is 0 Å². The minimum Gasteiger partial charge on any atom is -0.393 e. The Kier molecular flexibility index (Phi) is 3.50. The van der Waals surface area contributed by atoms with Crippen molar-refractivity contribution in [1.29, 1.82) is 0 Å². The number of ether oxygens (including phenoxy) is 1. The molecule has 5 heteroatoms. The van der Waals surface area contributed by atoms with Crippen LogP contribution in [0.4, 0.5) is 0 Å². The van der Waals surface area contributed by atoms with Crippen LogP contribution in [0.3, 0.4) is 0 Å². The highest BCUT2D eigenvalue weighted by Gasteiger charge is 2.38. The number of cyclic esters (lactones) is 2. The molecule has 1 fully saturated rings. The summed E-state index contributed by atoms with van der Waals surface area (Å²) in [5, 5.41) is 0. The SMILES string of the molecule is O=CCCC(C=O)C1CC(=O)OC1=O. The Morgan fingerprint density at radius 1 is 1.43 bits per heavy atom. The predicted octanol–water partition coefficient (Wildman–Crippen LogP) is -0.130. The molecule has 0 spiro atoms. The van der Waals surface area contributed by atoms with E-state index in [1.807, 2.05) is 0 Å². The highest BCUT2D eigenvalue weighted by atomic mass is 16.6. The predicted molar refractivity (Wildman–Crippen MR) is 44.1 cm³/mol. The molecule has 2 unspecified atom stereocenters. The second-order valence-corrected chi connectivity index (χ2v) is 3.15. The van der Waals surface area contributed by atoms with Crippen molar-refractivity contribution in [2.75, 3.05) is 0 Å². The molecule has 1 rings (SSSR count). The molecule has 14 heavy (non-hydrogen) atoms. The van der Waals surface area contributed by atoms with Crippen LogP contribution < -0.4 is 0 Å². The van der Waals surface area contributed by atoms with Crippen LogP contribution in [-0.2, 0) is 23.9 Å². The molecular formula is C9H10O5. The van der Waals surface area contributed by atoms with Gasteiger partial charge in [-0.05, 0) is 6.42 Å². The van der Waals surface area contributed by atoms with E-state index in [-0.39, 0.29) is 12.8 Å². The first-order valence-electron chi connectivity index (χ1n) is 4.32. The fourth-order valence-electron chi connectivity index (χ4n) is 1.44. The molecule has 1 saturated heterocycles. The third kappa shape index (κ3) is 2.25. The molecule has 1 aliphatic heterocycles. The minimum absolute atomic E-state index is 0.0545. The fraction of sp³-hybridized carbons (Fsp3) is 0.556. The maximum absolute atomic E-state index is 11.1. The van der Waals surface area contributed by atoms with Gasteiger partial charge >= 0.3 is 11.9 Å². The lowest BCUT2D eigenvalue weighted by Gasteiger charge is -2.10. The van der Waals surface area contributed by atoms with Crippen LogP contribution in [-0.4, -0.2) is 24.5 Å². The summed E-state index contributed by atoms with van der Waals surface area (Å²) < 4.78 is 4.31. The summed E-state index contributed by atoms with van der Waals surface area (Å²) in [5.74, 6) is -2.53. The standard InChI is InChI=1S/C9H10O5/c10-3-1-2-6(5-11)7-4-8(12)14-9(7)13/h3,5-7H,1-2,4H2. The van der Waals surface area contributed by atoms with E-state index in [0.29, 0.717) is 19.0 Å². The van der Waals surface area contributed by atoms with Crippen LogP contribution in [0.2, 0.25) is 0 Å². The molecule has 0 saturated carbocycles. The number of carbonyl (C=O) groups is 4. The van der Waals surface area contributed by atoms with E-state index >= 15 is 0 Å². The summed E-state index contributed by atoms with van der Waals surface area (Å²) in [6, 6.07) is 0. The van der Waals surface area contributed by atoms with Crippen LogP contribution in [0.1, 0.15) is 19.3 Å². The van der Waals surface area contributed by atoms with Gasteiger partial charge in [-0.3, -0.25) is 9.59 Å². The molecule has 0 bridgehead atoms. The van der Waals surface area contributed by atoms with Gasteiger partial charge in [0.05, 0.1) is 12.3 Å². The van der Waals surface area contributed by atoms with Gasteiger partial charge < -0.3 is 14.3 Å². The third-order valence-electron chi connectivity index (χ3n) is 2.21. The van der Waals surface area contributed by atoms with E-state index in [0.717, 1.165) is 0 Å². The molecule has 5 nitrogen and oxygen atoms in total. The maximum atomic E-state index is 11.1. The van der Waals surface area contributed by atoms with Crippen molar-refractivity contribution in [2.45, 2.75) is 19.3 Å². The molecule has 0 aromatic heterocycles. The average molecular weight is 198 g/mol. The smallest absolute Gasteiger partial charge is 0.317 e. The van der Waals surface area contributed by atoms with Crippen LogP contribution in [0, 0.1) is 11.8 Å².